The Morgan fingerprint density at radius 1 is 1.08 bits per heavy atom. The first-order chi connectivity index (χ1) is 18.4. The van der Waals surface area contributed by atoms with Gasteiger partial charge >= 0.3 is 5.97 Å². The SMILES string of the molecule is [C-]#[N+]c1ccc(CCCC2CCN(C[C@H]3CC(NC(CC(C)C)C(=O)O)C[C@@H]3c3ccccc3)CC2)cc1. The zero-order valence-corrected chi connectivity index (χ0v) is 23.2. The summed E-state index contributed by atoms with van der Waals surface area (Å²) < 4.78 is 0. The Labute approximate surface area is 229 Å². The van der Waals surface area contributed by atoms with Gasteiger partial charge in [0.1, 0.15) is 6.04 Å². The predicted octanol–water partition coefficient (Wildman–Crippen LogP) is 6.92. The van der Waals surface area contributed by atoms with Crippen LogP contribution in [-0.2, 0) is 11.2 Å². The van der Waals surface area contributed by atoms with Crippen molar-refractivity contribution in [3.8, 4) is 0 Å². The number of aryl methyl sites for hydroxylation is 1. The molecule has 0 radical (unpaired) electrons. The van der Waals surface area contributed by atoms with Crippen molar-refractivity contribution in [3.05, 3.63) is 77.1 Å². The summed E-state index contributed by atoms with van der Waals surface area (Å²) in [6, 6.07) is 18.7. The molecular weight excluding hydrogens is 470 g/mol. The molecule has 5 heteroatoms. The fourth-order valence-corrected chi connectivity index (χ4v) is 6.69. The third kappa shape index (κ3) is 8.16. The van der Waals surface area contributed by atoms with Gasteiger partial charge in [-0.05, 0) is 87.3 Å². The van der Waals surface area contributed by atoms with Crippen LogP contribution < -0.4 is 5.32 Å². The second-order valence-corrected chi connectivity index (χ2v) is 12.0. The summed E-state index contributed by atoms with van der Waals surface area (Å²) in [4.78, 5) is 18.1. The third-order valence-electron chi connectivity index (χ3n) is 8.71. The van der Waals surface area contributed by atoms with E-state index in [-0.39, 0.29) is 6.04 Å². The van der Waals surface area contributed by atoms with Gasteiger partial charge in [-0.3, -0.25) is 4.79 Å². The van der Waals surface area contributed by atoms with E-state index in [4.69, 9.17) is 6.57 Å². The zero-order chi connectivity index (χ0) is 26.9. The molecule has 4 rings (SSSR count). The summed E-state index contributed by atoms with van der Waals surface area (Å²) in [6.45, 7) is 14.7. The van der Waals surface area contributed by atoms with Crippen LogP contribution in [-0.4, -0.2) is 47.7 Å². The van der Waals surface area contributed by atoms with Crippen LogP contribution in [0.5, 0.6) is 0 Å². The normalized spacial score (nSPS) is 23.4. The van der Waals surface area contributed by atoms with Crippen LogP contribution in [0.4, 0.5) is 5.69 Å². The van der Waals surface area contributed by atoms with Gasteiger partial charge in [0.15, 0.2) is 5.69 Å². The molecular formula is C33H45N3O2. The number of piperidine rings is 1. The van der Waals surface area contributed by atoms with Crippen molar-refractivity contribution in [2.24, 2.45) is 17.8 Å². The largest absolute Gasteiger partial charge is 0.480 e. The minimum Gasteiger partial charge on any atom is -0.480 e. The number of likely N-dealkylation sites (tertiary alicyclic amines) is 1. The van der Waals surface area contributed by atoms with Crippen molar-refractivity contribution < 1.29 is 9.90 Å². The van der Waals surface area contributed by atoms with Crippen molar-refractivity contribution in [1.82, 2.24) is 10.2 Å². The Morgan fingerprint density at radius 2 is 1.79 bits per heavy atom. The fourth-order valence-electron chi connectivity index (χ4n) is 6.69. The molecule has 0 aromatic heterocycles. The predicted molar refractivity (Wildman–Crippen MR) is 155 cm³/mol. The molecule has 1 heterocycles. The van der Waals surface area contributed by atoms with E-state index < -0.39 is 12.0 Å². The van der Waals surface area contributed by atoms with Crippen molar-refractivity contribution in [2.45, 2.75) is 83.2 Å². The summed E-state index contributed by atoms with van der Waals surface area (Å²) in [6.07, 6.45) is 8.89. The van der Waals surface area contributed by atoms with Gasteiger partial charge in [-0.25, -0.2) is 4.85 Å². The van der Waals surface area contributed by atoms with Crippen LogP contribution in [0.15, 0.2) is 54.6 Å². The van der Waals surface area contributed by atoms with Gasteiger partial charge in [0.05, 0.1) is 6.57 Å². The molecule has 2 aromatic rings. The first-order valence-corrected chi connectivity index (χ1v) is 14.6. The number of hydrogen-bond acceptors (Lipinski definition) is 3. The second-order valence-electron chi connectivity index (χ2n) is 12.0. The van der Waals surface area contributed by atoms with E-state index in [1.807, 2.05) is 12.1 Å². The number of hydrogen-bond donors (Lipinski definition) is 2. The molecule has 2 aliphatic rings. The van der Waals surface area contributed by atoms with E-state index in [9.17, 15) is 9.90 Å². The molecule has 5 nitrogen and oxygen atoms in total. The smallest absolute Gasteiger partial charge is 0.320 e. The summed E-state index contributed by atoms with van der Waals surface area (Å²) in [5, 5.41) is 13.3. The maximum absolute atomic E-state index is 11.9. The Hall–Kier alpha value is -2.68. The van der Waals surface area contributed by atoms with E-state index in [2.05, 4.69) is 71.4 Å². The van der Waals surface area contributed by atoms with Gasteiger partial charge in [-0.15, -0.1) is 0 Å². The number of nitrogens with zero attached hydrogens (tertiary/aromatic N) is 2. The quantitative estimate of drug-likeness (QED) is 0.301. The third-order valence-corrected chi connectivity index (χ3v) is 8.71. The summed E-state index contributed by atoms with van der Waals surface area (Å²) in [7, 11) is 0. The molecule has 2 N–H and O–H groups in total. The highest BCUT2D eigenvalue weighted by atomic mass is 16.4. The highest BCUT2D eigenvalue weighted by Gasteiger charge is 2.38. The van der Waals surface area contributed by atoms with E-state index >= 15 is 0 Å². The molecule has 38 heavy (non-hydrogen) atoms. The molecule has 2 aromatic carbocycles. The molecule has 1 aliphatic heterocycles. The molecule has 1 saturated heterocycles. The number of nitrogens with one attached hydrogen (secondary N) is 1. The maximum Gasteiger partial charge on any atom is 0.320 e. The average Bonchev–Trinajstić information content (AvgIpc) is 3.32. The lowest BCUT2D eigenvalue weighted by Gasteiger charge is -2.35. The summed E-state index contributed by atoms with van der Waals surface area (Å²) in [5.41, 5.74) is 3.46. The van der Waals surface area contributed by atoms with Crippen LogP contribution in [0, 0.1) is 24.3 Å². The molecule has 2 unspecified atom stereocenters. The van der Waals surface area contributed by atoms with Gasteiger partial charge < -0.3 is 15.3 Å². The van der Waals surface area contributed by atoms with Crippen LogP contribution in [0.1, 0.15) is 75.8 Å². The average molecular weight is 516 g/mol. The molecule has 0 bridgehead atoms. The van der Waals surface area contributed by atoms with Crippen molar-refractivity contribution in [1.29, 1.82) is 0 Å². The molecule has 2 fully saturated rings. The van der Waals surface area contributed by atoms with Gasteiger partial charge in [0, 0.05) is 12.6 Å². The molecule has 1 saturated carbocycles. The number of carboxylic acids is 1. The number of benzene rings is 2. The van der Waals surface area contributed by atoms with E-state index in [0.29, 0.717) is 24.2 Å². The first kappa shape index (κ1) is 28.3. The molecule has 204 valence electrons. The van der Waals surface area contributed by atoms with Crippen molar-refractivity contribution >= 4 is 11.7 Å². The van der Waals surface area contributed by atoms with E-state index in [1.54, 1.807) is 0 Å². The molecule has 4 atom stereocenters. The topological polar surface area (TPSA) is 56.9 Å². The Morgan fingerprint density at radius 3 is 2.42 bits per heavy atom. The highest BCUT2D eigenvalue weighted by molar-refractivity contribution is 5.73. The summed E-state index contributed by atoms with van der Waals surface area (Å²) >= 11 is 0. The fraction of sp³-hybridized carbons (Fsp3) is 0.576. The van der Waals surface area contributed by atoms with Crippen LogP contribution >= 0.6 is 0 Å². The molecule has 1 aliphatic carbocycles. The van der Waals surface area contributed by atoms with Gasteiger partial charge in [0.25, 0.3) is 0 Å². The standard InChI is InChI=1S/C33H45N3O2/c1-24(2)20-32(33(37)38)35-30-21-28(31(22-30)27-10-5-4-6-11-27)23-36-18-16-26(17-19-36)9-7-8-25-12-14-29(34-3)15-13-25/h4-6,10-15,24,26,28,30-32,35H,7-9,16-23H2,1-2H3,(H,37,38)/t28-,30?,31-,32?/m1/s1. The Kier molecular flexibility index (Phi) is 10.4. The minimum absolute atomic E-state index is 0.256. The van der Waals surface area contributed by atoms with Crippen LogP contribution in [0.2, 0.25) is 0 Å². The lowest BCUT2D eigenvalue weighted by Crippen LogP contribution is -2.43. The van der Waals surface area contributed by atoms with Crippen LogP contribution in [0.3, 0.4) is 0 Å². The van der Waals surface area contributed by atoms with Gasteiger partial charge in [-0.2, -0.15) is 0 Å². The van der Waals surface area contributed by atoms with Crippen LogP contribution in [0.25, 0.3) is 4.85 Å². The Bertz CT molecular complexity index is 1040. The zero-order valence-electron chi connectivity index (χ0n) is 23.2. The lowest BCUT2D eigenvalue weighted by atomic mass is 9.87. The number of rotatable bonds is 12. The number of carboxylic acid groups (broad SMARTS) is 1. The van der Waals surface area contributed by atoms with Crippen molar-refractivity contribution in [2.75, 3.05) is 19.6 Å². The van der Waals surface area contributed by atoms with Gasteiger partial charge in [-0.1, -0.05) is 80.4 Å². The van der Waals surface area contributed by atoms with Crippen molar-refractivity contribution in [3.63, 3.8) is 0 Å². The number of aliphatic carboxylic acids is 1. The maximum atomic E-state index is 11.9. The van der Waals surface area contributed by atoms with E-state index in [0.717, 1.165) is 37.4 Å². The van der Waals surface area contributed by atoms with E-state index in [1.165, 1.54) is 49.9 Å². The molecule has 0 amide bonds. The molecule has 0 spiro atoms. The second kappa shape index (κ2) is 13.9. The Balaban J connectivity index is 1.28. The lowest BCUT2D eigenvalue weighted by molar-refractivity contribution is -0.140. The number of carbonyl (C=O) groups is 1. The first-order valence-electron chi connectivity index (χ1n) is 14.6. The monoisotopic (exact) mass is 515 g/mol. The highest BCUT2D eigenvalue weighted by Crippen LogP contribution is 2.41. The van der Waals surface area contributed by atoms with Gasteiger partial charge in [0.2, 0.25) is 0 Å². The summed E-state index contributed by atoms with van der Waals surface area (Å²) in [5.74, 6) is 1.48. The minimum atomic E-state index is -0.721.